The second-order valence-corrected chi connectivity index (χ2v) is 10.8. The second-order valence-electron chi connectivity index (χ2n) is 10.8. The Bertz CT molecular complexity index is 1200. The molecule has 2 saturated carbocycles. The monoisotopic (exact) mass is 496 g/mol. The van der Waals surface area contributed by atoms with Gasteiger partial charge in [-0.3, -0.25) is 14.4 Å². The predicted molar refractivity (Wildman–Crippen MR) is 129 cm³/mol. The van der Waals surface area contributed by atoms with Crippen LogP contribution in [-0.2, 0) is 14.4 Å². The van der Waals surface area contributed by atoms with E-state index in [0.717, 1.165) is 39.0 Å². The number of phenolic OH excluding ortho intramolecular Hbond substituents is 1. The van der Waals surface area contributed by atoms with Crippen LogP contribution in [-0.4, -0.2) is 54.6 Å². The number of aliphatic hydroxyl groups excluding tert-OH is 3. The van der Waals surface area contributed by atoms with E-state index in [9.17, 15) is 39.9 Å². The average molecular weight is 497 g/mol. The molecule has 5 rings (SSSR count). The summed E-state index contributed by atoms with van der Waals surface area (Å²) in [4.78, 5) is 38.6. The van der Waals surface area contributed by atoms with Gasteiger partial charge in [0.1, 0.15) is 22.8 Å². The number of fused-ring (bicyclic) bond motifs is 3. The van der Waals surface area contributed by atoms with Gasteiger partial charge in [0.05, 0.1) is 11.7 Å². The third-order valence-corrected chi connectivity index (χ3v) is 8.89. The summed E-state index contributed by atoms with van der Waals surface area (Å²) in [5.41, 5.74) is -3.01. The van der Waals surface area contributed by atoms with E-state index < -0.39 is 70.3 Å². The van der Waals surface area contributed by atoms with Gasteiger partial charge in [0.25, 0.3) is 0 Å². The van der Waals surface area contributed by atoms with Gasteiger partial charge >= 0.3 is 0 Å². The normalized spacial score (nSPS) is 32.8. The first kappa shape index (κ1) is 24.7. The van der Waals surface area contributed by atoms with Crippen molar-refractivity contribution >= 4 is 23.1 Å². The summed E-state index contributed by atoms with van der Waals surface area (Å²) in [6.45, 7) is 1.05. The lowest BCUT2D eigenvalue weighted by molar-refractivity contribution is -0.161. The summed E-state index contributed by atoms with van der Waals surface area (Å²) >= 11 is 0. The highest BCUT2D eigenvalue weighted by Gasteiger charge is 2.65. The van der Waals surface area contributed by atoms with Gasteiger partial charge < -0.3 is 25.5 Å². The number of benzene rings is 1. The maximum atomic E-state index is 13.9. The highest BCUT2D eigenvalue weighted by atomic mass is 16.4. The molecule has 0 radical (unpaired) electrons. The summed E-state index contributed by atoms with van der Waals surface area (Å²) in [5, 5.41) is 55.7. The smallest absolute Gasteiger partial charge is 0.202 e. The number of carbonyl (C=O) groups is 3. The van der Waals surface area contributed by atoms with Gasteiger partial charge in [0.2, 0.25) is 5.78 Å². The van der Waals surface area contributed by atoms with Crippen LogP contribution < -0.4 is 0 Å². The van der Waals surface area contributed by atoms with Crippen molar-refractivity contribution in [3.8, 4) is 5.75 Å². The van der Waals surface area contributed by atoms with E-state index in [2.05, 4.69) is 0 Å². The minimum atomic E-state index is -2.73. The molecule has 4 aliphatic rings. The number of hydrogen-bond acceptors (Lipinski definition) is 8. The Labute approximate surface area is 209 Å². The van der Waals surface area contributed by atoms with Crippen molar-refractivity contribution in [3.63, 3.8) is 0 Å². The minimum absolute atomic E-state index is 0.0714. The van der Waals surface area contributed by atoms with E-state index in [1.54, 1.807) is 12.1 Å². The van der Waals surface area contributed by atoms with Gasteiger partial charge in [0, 0.05) is 23.8 Å². The number of Topliss-reactive ketones (excluding diaryl/α,β-unsaturated/α-hetero) is 3. The summed E-state index contributed by atoms with van der Waals surface area (Å²) in [6.07, 6.45) is 5.18. The molecule has 8 nitrogen and oxygen atoms in total. The fraction of sp³-hybridized carbons (Fsp3) is 0.536. The molecular weight excluding hydrogens is 464 g/mol. The molecule has 0 unspecified atom stereocenters. The first-order chi connectivity index (χ1) is 17.1. The van der Waals surface area contributed by atoms with E-state index in [4.69, 9.17) is 0 Å². The van der Waals surface area contributed by atoms with Crippen molar-refractivity contribution in [2.24, 2.45) is 17.8 Å². The third-order valence-electron chi connectivity index (χ3n) is 8.89. The Balaban J connectivity index is 1.65. The molecule has 0 spiro atoms. The van der Waals surface area contributed by atoms with Gasteiger partial charge in [-0.1, -0.05) is 44.2 Å². The topological polar surface area (TPSA) is 152 Å². The van der Waals surface area contributed by atoms with E-state index in [1.165, 1.54) is 12.5 Å². The number of rotatable bonds is 4. The van der Waals surface area contributed by atoms with E-state index in [1.807, 2.05) is 0 Å². The molecule has 0 bridgehead atoms. The first-order valence-corrected chi connectivity index (χ1v) is 12.8. The molecule has 192 valence electrons. The molecule has 36 heavy (non-hydrogen) atoms. The summed E-state index contributed by atoms with van der Waals surface area (Å²) < 4.78 is 0. The summed E-state index contributed by atoms with van der Waals surface area (Å²) in [6, 6.07) is 4.79. The van der Waals surface area contributed by atoms with Gasteiger partial charge in [-0.2, -0.15) is 0 Å². The molecular formula is C28H32O8. The van der Waals surface area contributed by atoms with Crippen molar-refractivity contribution in [2.45, 2.75) is 75.9 Å². The molecule has 0 heterocycles. The van der Waals surface area contributed by atoms with E-state index in [0.29, 0.717) is 17.9 Å². The van der Waals surface area contributed by atoms with Gasteiger partial charge in [-0.25, -0.2) is 0 Å². The Kier molecular flexibility index (Phi) is 6.08. The number of aromatic hydroxyl groups is 1. The molecule has 0 saturated heterocycles. The van der Waals surface area contributed by atoms with Crippen LogP contribution >= 0.6 is 0 Å². The number of phenols is 1. The van der Waals surface area contributed by atoms with Gasteiger partial charge in [-0.15, -0.1) is 0 Å². The lowest BCUT2D eigenvalue weighted by Gasteiger charge is -2.51. The van der Waals surface area contributed by atoms with Crippen LogP contribution in [0.25, 0.3) is 5.76 Å². The average Bonchev–Trinajstić information content (AvgIpc) is 2.84. The Morgan fingerprint density at radius 2 is 1.75 bits per heavy atom. The summed E-state index contributed by atoms with van der Waals surface area (Å²) in [5.74, 6) is -6.77. The van der Waals surface area contributed by atoms with E-state index in [-0.39, 0.29) is 16.9 Å². The maximum absolute atomic E-state index is 13.9. The molecule has 4 aliphatic carbocycles. The van der Waals surface area contributed by atoms with Gasteiger partial charge in [0.15, 0.2) is 17.2 Å². The van der Waals surface area contributed by atoms with Crippen LogP contribution in [0.5, 0.6) is 5.75 Å². The lowest BCUT2D eigenvalue weighted by Crippen LogP contribution is -2.63. The Morgan fingerprint density at radius 3 is 2.42 bits per heavy atom. The second kappa shape index (κ2) is 8.85. The number of aliphatic hydroxyl groups is 4. The number of ketones is 3. The molecule has 1 aromatic rings. The van der Waals surface area contributed by atoms with Crippen molar-refractivity contribution in [1.29, 1.82) is 0 Å². The molecule has 0 aromatic heterocycles. The number of hydrogen-bond donors (Lipinski definition) is 5. The quantitative estimate of drug-likeness (QED) is 0.398. The first-order valence-electron chi connectivity index (χ1n) is 12.8. The molecule has 0 amide bonds. The maximum Gasteiger partial charge on any atom is 0.202 e. The molecule has 5 N–H and O–H groups in total. The zero-order chi connectivity index (χ0) is 25.9. The molecule has 8 heteroatoms. The highest BCUT2D eigenvalue weighted by Crippen LogP contribution is 2.57. The molecule has 1 aromatic carbocycles. The van der Waals surface area contributed by atoms with Crippen LogP contribution in [0.4, 0.5) is 0 Å². The predicted octanol–water partition coefficient (Wildman–Crippen LogP) is 3.40. The van der Waals surface area contributed by atoms with Crippen LogP contribution in [0.1, 0.15) is 75.3 Å². The number of allylic oxidation sites excluding steroid dienone is 1. The van der Waals surface area contributed by atoms with Gasteiger partial charge in [-0.05, 0) is 43.2 Å². The van der Waals surface area contributed by atoms with Crippen LogP contribution in [0.15, 0.2) is 35.1 Å². The summed E-state index contributed by atoms with van der Waals surface area (Å²) in [7, 11) is 0. The standard InChI is InChI=1S/C28H32O8/c1-13(29)20-19(31)12-17-24(32)22-16(11-10-14-6-3-2-4-7-14)15-8-5-9-18(30)21(15)25(33)23(22)27(35)28(17,36)26(20)34/h5,8-9,14,16-17,22,24,30,32-34,36H,2-4,6-7,10-12H2,1H3/t16-,17+,22+,24+,28+/m0/s1. The Morgan fingerprint density at radius 1 is 1.06 bits per heavy atom. The van der Waals surface area contributed by atoms with Crippen LogP contribution in [0, 0.1) is 17.8 Å². The van der Waals surface area contributed by atoms with Crippen LogP contribution in [0.3, 0.4) is 0 Å². The van der Waals surface area contributed by atoms with E-state index >= 15 is 0 Å². The van der Waals surface area contributed by atoms with Crippen molar-refractivity contribution in [2.75, 3.05) is 0 Å². The fourth-order valence-electron chi connectivity index (χ4n) is 7.12. The van der Waals surface area contributed by atoms with Crippen molar-refractivity contribution in [1.82, 2.24) is 0 Å². The molecule has 5 atom stereocenters. The zero-order valence-corrected chi connectivity index (χ0v) is 20.2. The number of carbonyl (C=O) groups excluding carboxylic acids is 3. The SMILES string of the molecule is CC(=O)C1=C(O)[C@@]2(O)C(=O)C3=C(O)c4c(O)cccc4[C@H](CCC4CCCCC4)[C@H]3[C@H](O)[C@H]2CC1=O. The lowest BCUT2D eigenvalue weighted by atomic mass is 9.54. The zero-order valence-electron chi connectivity index (χ0n) is 20.2. The van der Waals surface area contributed by atoms with Crippen LogP contribution in [0.2, 0.25) is 0 Å². The fourth-order valence-corrected chi connectivity index (χ4v) is 7.12. The largest absolute Gasteiger partial charge is 0.508 e. The Hall–Kier alpha value is -2.97. The highest BCUT2D eigenvalue weighted by molar-refractivity contribution is 6.23. The minimum Gasteiger partial charge on any atom is -0.508 e. The molecule has 2 fully saturated rings. The van der Waals surface area contributed by atoms with Crippen molar-refractivity contribution < 1.29 is 39.9 Å². The van der Waals surface area contributed by atoms with Crippen molar-refractivity contribution in [3.05, 3.63) is 46.2 Å². The third kappa shape index (κ3) is 3.45. The molecule has 0 aliphatic heterocycles.